The third-order valence-corrected chi connectivity index (χ3v) is 6.72. The summed E-state index contributed by atoms with van der Waals surface area (Å²) in [5.41, 5.74) is 2.29. The average Bonchev–Trinajstić information content (AvgIpc) is 2.78. The molecule has 0 aliphatic heterocycles. The highest BCUT2D eigenvalue weighted by Crippen LogP contribution is 2.27. The second-order valence-corrected chi connectivity index (χ2v) is 9.60. The maximum absolute atomic E-state index is 12.9. The Hall–Kier alpha value is -3.69. The summed E-state index contributed by atoms with van der Waals surface area (Å²) < 4.78 is 31.5. The molecule has 0 heterocycles. The quantitative estimate of drug-likeness (QED) is 0.551. The standard InChI is InChI=1S/C24H25N3O5S/c1-16-8-7-9-18(14-16)25-24(29)19-10-5-6-11-20(19)26-23(28)17-12-13-21(32-4)22(15-17)33(30,31)27(2)3/h5-15H,1-4H3,(H,25,29)(H,26,28). The summed E-state index contributed by atoms with van der Waals surface area (Å²) in [4.78, 5) is 25.7. The van der Waals surface area contributed by atoms with E-state index in [-0.39, 0.29) is 27.7 Å². The first-order chi connectivity index (χ1) is 15.6. The minimum atomic E-state index is -3.84. The fraction of sp³-hybridized carbons (Fsp3) is 0.167. The Balaban J connectivity index is 1.89. The molecular weight excluding hydrogens is 442 g/mol. The van der Waals surface area contributed by atoms with Crippen molar-refractivity contribution in [1.82, 2.24) is 4.31 Å². The SMILES string of the molecule is COc1ccc(C(=O)Nc2ccccc2C(=O)Nc2cccc(C)c2)cc1S(=O)(=O)N(C)C. The van der Waals surface area contributed by atoms with Crippen molar-refractivity contribution < 1.29 is 22.7 Å². The van der Waals surface area contributed by atoms with Crippen LogP contribution >= 0.6 is 0 Å². The number of rotatable bonds is 7. The molecule has 9 heteroatoms. The summed E-state index contributed by atoms with van der Waals surface area (Å²) in [7, 11) is 0.297. The lowest BCUT2D eigenvalue weighted by molar-refractivity contribution is 0.102. The van der Waals surface area contributed by atoms with E-state index >= 15 is 0 Å². The van der Waals surface area contributed by atoms with Crippen LogP contribution in [-0.2, 0) is 10.0 Å². The number of nitrogens with zero attached hydrogens (tertiary/aromatic N) is 1. The molecule has 0 atom stereocenters. The van der Waals surface area contributed by atoms with E-state index in [4.69, 9.17) is 4.74 Å². The molecule has 33 heavy (non-hydrogen) atoms. The van der Waals surface area contributed by atoms with E-state index in [1.54, 1.807) is 30.3 Å². The summed E-state index contributed by atoms with van der Waals surface area (Å²) in [6.45, 7) is 1.92. The molecule has 2 amide bonds. The predicted octanol–water partition coefficient (Wildman–Crippen LogP) is 3.76. The first-order valence-electron chi connectivity index (χ1n) is 10.0. The molecular formula is C24H25N3O5S. The van der Waals surface area contributed by atoms with Crippen LogP contribution in [0.15, 0.2) is 71.6 Å². The molecule has 172 valence electrons. The molecule has 0 aliphatic carbocycles. The summed E-state index contributed by atoms with van der Waals surface area (Å²) in [6, 6.07) is 18.1. The van der Waals surface area contributed by atoms with Gasteiger partial charge in [0.15, 0.2) is 0 Å². The van der Waals surface area contributed by atoms with Crippen LogP contribution in [0.2, 0.25) is 0 Å². The molecule has 0 saturated heterocycles. The van der Waals surface area contributed by atoms with E-state index < -0.39 is 15.9 Å². The molecule has 0 unspecified atom stereocenters. The van der Waals surface area contributed by atoms with Gasteiger partial charge in [0.05, 0.1) is 18.4 Å². The van der Waals surface area contributed by atoms with Crippen molar-refractivity contribution in [2.24, 2.45) is 0 Å². The Morgan fingerprint density at radius 2 is 1.61 bits per heavy atom. The van der Waals surface area contributed by atoms with Crippen molar-refractivity contribution in [2.75, 3.05) is 31.8 Å². The zero-order chi connectivity index (χ0) is 24.2. The zero-order valence-electron chi connectivity index (χ0n) is 18.7. The van der Waals surface area contributed by atoms with Gasteiger partial charge in [-0.2, -0.15) is 0 Å². The number of benzene rings is 3. The first-order valence-corrected chi connectivity index (χ1v) is 11.5. The number of ether oxygens (including phenoxy) is 1. The fourth-order valence-corrected chi connectivity index (χ4v) is 4.20. The molecule has 0 spiro atoms. The van der Waals surface area contributed by atoms with E-state index in [1.807, 2.05) is 25.1 Å². The van der Waals surface area contributed by atoms with Gasteiger partial charge in [0, 0.05) is 25.3 Å². The molecule has 0 aromatic heterocycles. The Bertz CT molecular complexity index is 1300. The second kappa shape index (κ2) is 9.85. The van der Waals surface area contributed by atoms with Gasteiger partial charge >= 0.3 is 0 Å². The van der Waals surface area contributed by atoms with Gasteiger partial charge in [0.2, 0.25) is 10.0 Å². The Morgan fingerprint density at radius 3 is 2.27 bits per heavy atom. The zero-order valence-corrected chi connectivity index (χ0v) is 19.6. The topological polar surface area (TPSA) is 105 Å². The molecule has 0 radical (unpaired) electrons. The molecule has 8 nitrogen and oxygen atoms in total. The van der Waals surface area contributed by atoms with Crippen molar-refractivity contribution in [3.8, 4) is 5.75 Å². The summed E-state index contributed by atoms with van der Waals surface area (Å²) in [5.74, 6) is -0.830. The second-order valence-electron chi connectivity index (χ2n) is 7.48. The first kappa shape index (κ1) is 24.0. The Morgan fingerprint density at radius 1 is 0.879 bits per heavy atom. The van der Waals surface area contributed by atoms with Crippen LogP contribution in [0.5, 0.6) is 5.75 Å². The third-order valence-electron chi connectivity index (χ3n) is 4.88. The molecule has 2 N–H and O–H groups in total. The van der Waals surface area contributed by atoms with Crippen LogP contribution in [-0.4, -0.2) is 45.7 Å². The Labute approximate surface area is 193 Å². The van der Waals surface area contributed by atoms with Crippen molar-refractivity contribution in [3.63, 3.8) is 0 Å². The van der Waals surface area contributed by atoms with Gasteiger partial charge in [0.1, 0.15) is 10.6 Å². The van der Waals surface area contributed by atoms with Crippen LogP contribution in [0.1, 0.15) is 26.3 Å². The van der Waals surface area contributed by atoms with Crippen molar-refractivity contribution in [1.29, 1.82) is 0 Å². The molecule has 0 fully saturated rings. The van der Waals surface area contributed by atoms with E-state index in [1.165, 1.54) is 39.4 Å². The van der Waals surface area contributed by atoms with Crippen LogP contribution in [0.3, 0.4) is 0 Å². The minimum Gasteiger partial charge on any atom is -0.495 e. The highest BCUT2D eigenvalue weighted by Gasteiger charge is 2.24. The minimum absolute atomic E-state index is 0.102. The number of amides is 2. The fourth-order valence-electron chi connectivity index (χ4n) is 3.12. The van der Waals surface area contributed by atoms with E-state index in [0.29, 0.717) is 11.4 Å². The van der Waals surface area contributed by atoms with Crippen LogP contribution in [0.25, 0.3) is 0 Å². The van der Waals surface area contributed by atoms with Gasteiger partial charge in [-0.05, 0) is 55.0 Å². The predicted molar refractivity (Wildman–Crippen MR) is 127 cm³/mol. The summed E-state index contributed by atoms with van der Waals surface area (Å²) in [5, 5.41) is 5.52. The number of carbonyl (C=O) groups excluding carboxylic acids is 2. The van der Waals surface area contributed by atoms with Gasteiger partial charge < -0.3 is 15.4 Å². The molecule has 3 aromatic carbocycles. The third kappa shape index (κ3) is 5.39. The molecule has 0 saturated carbocycles. The lowest BCUT2D eigenvalue weighted by Crippen LogP contribution is -2.23. The van der Waals surface area contributed by atoms with Gasteiger partial charge in [-0.25, -0.2) is 12.7 Å². The van der Waals surface area contributed by atoms with Gasteiger partial charge in [-0.3, -0.25) is 9.59 Å². The van der Waals surface area contributed by atoms with Gasteiger partial charge in [-0.15, -0.1) is 0 Å². The van der Waals surface area contributed by atoms with E-state index in [9.17, 15) is 18.0 Å². The van der Waals surface area contributed by atoms with Crippen molar-refractivity contribution in [2.45, 2.75) is 11.8 Å². The normalized spacial score (nSPS) is 11.2. The van der Waals surface area contributed by atoms with Crippen LogP contribution in [0, 0.1) is 6.92 Å². The van der Waals surface area contributed by atoms with Crippen LogP contribution < -0.4 is 15.4 Å². The molecule has 0 aliphatic rings. The van der Waals surface area contributed by atoms with Gasteiger partial charge in [0.25, 0.3) is 11.8 Å². The number of anilines is 2. The number of hydrogen-bond acceptors (Lipinski definition) is 5. The van der Waals surface area contributed by atoms with Crippen molar-refractivity contribution >= 4 is 33.2 Å². The number of carbonyl (C=O) groups is 2. The van der Waals surface area contributed by atoms with E-state index in [0.717, 1.165) is 9.87 Å². The molecule has 3 aromatic rings. The number of para-hydroxylation sites is 1. The summed E-state index contributed by atoms with van der Waals surface area (Å²) in [6.07, 6.45) is 0. The summed E-state index contributed by atoms with van der Waals surface area (Å²) >= 11 is 0. The molecule has 3 rings (SSSR count). The maximum Gasteiger partial charge on any atom is 0.257 e. The highest BCUT2D eigenvalue weighted by molar-refractivity contribution is 7.89. The largest absolute Gasteiger partial charge is 0.495 e. The van der Waals surface area contributed by atoms with Crippen LogP contribution in [0.4, 0.5) is 11.4 Å². The Kier molecular flexibility index (Phi) is 7.15. The monoisotopic (exact) mass is 467 g/mol. The number of aryl methyl sites for hydroxylation is 1. The smallest absolute Gasteiger partial charge is 0.257 e. The highest BCUT2D eigenvalue weighted by atomic mass is 32.2. The number of hydrogen-bond donors (Lipinski definition) is 2. The molecule has 0 bridgehead atoms. The number of methoxy groups -OCH3 is 1. The maximum atomic E-state index is 12.9. The number of nitrogens with one attached hydrogen (secondary N) is 2. The van der Waals surface area contributed by atoms with E-state index in [2.05, 4.69) is 10.6 Å². The lowest BCUT2D eigenvalue weighted by Gasteiger charge is -2.16. The lowest BCUT2D eigenvalue weighted by atomic mass is 10.1. The van der Waals surface area contributed by atoms with Gasteiger partial charge in [-0.1, -0.05) is 24.3 Å². The number of sulfonamides is 1. The average molecular weight is 468 g/mol. The van der Waals surface area contributed by atoms with Crippen molar-refractivity contribution in [3.05, 3.63) is 83.4 Å².